The Morgan fingerprint density at radius 2 is 1.31 bits per heavy atom. The van der Waals surface area contributed by atoms with Crippen LogP contribution in [-0.2, 0) is 4.74 Å². The summed E-state index contributed by atoms with van der Waals surface area (Å²) in [4.78, 5) is 0. The van der Waals surface area contributed by atoms with Crippen LogP contribution in [-0.4, -0.2) is 23.4 Å². The molecule has 2 heteroatoms. The van der Waals surface area contributed by atoms with Crippen LogP contribution in [0.4, 0.5) is 0 Å². The van der Waals surface area contributed by atoms with Gasteiger partial charge in [-0.1, -0.05) is 27.7 Å². The maximum Gasteiger partial charge on any atom is 0.0828 e. The van der Waals surface area contributed by atoms with Crippen LogP contribution in [0.15, 0.2) is 0 Å². The van der Waals surface area contributed by atoms with Crippen molar-refractivity contribution in [2.45, 2.75) is 59.9 Å². The quantitative estimate of drug-likeness (QED) is 0.632. The van der Waals surface area contributed by atoms with Crippen LogP contribution >= 0.6 is 0 Å². The molecule has 1 heterocycles. The van der Waals surface area contributed by atoms with E-state index in [1.165, 1.54) is 0 Å². The molecule has 2 nitrogen and oxygen atoms in total. The molecule has 0 bridgehead atoms. The Kier molecular flexibility index (Phi) is 5.57. The van der Waals surface area contributed by atoms with E-state index in [1.807, 2.05) is 20.8 Å². The van der Waals surface area contributed by atoms with Crippen molar-refractivity contribution in [3.8, 4) is 0 Å². The van der Waals surface area contributed by atoms with Gasteiger partial charge < -0.3 is 9.84 Å². The summed E-state index contributed by atoms with van der Waals surface area (Å²) in [6.45, 7) is 12.2. The Balaban J connectivity index is 0.000000671. The maximum absolute atomic E-state index is 9.61. The van der Waals surface area contributed by atoms with Crippen molar-refractivity contribution < 1.29 is 9.84 Å². The second-order valence-corrected chi connectivity index (χ2v) is 3.76. The highest BCUT2D eigenvalue weighted by Gasteiger charge is 2.35. The Bertz CT molecular complexity index is 122. The summed E-state index contributed by atoms with van der Waals surface area (Å²) in [5, 5.41) is 9.61. The standard InChI is InChI=1S/C9H18O2.C2H6/c1-5-6(2)9(10)8(4)11-7(5)3;1-2/h5-10H,1-4H3;1-2H3. The highest BCUT2D eigenvalue weighted by atomic mass is 16.5. The Hall–Kier alpha value is -0.0800. The Labute approximate surface area is 82.3 Å². The third-order valence-electron chi connectivity index (χ3n) is 3.02. The van der Waals surface area contributed by atoms with Gasteiger partial charge in [0, 0.05) is 0 Å². The van der Waals surface area contributed by atoms with E-state index in [0.717, 1.165) is 0 Å². The molecule has 0 radical (unpaired) electrons. The van der Waals surface area contributed by atoms with Crippen molar-refractivity contribution in [2.24, 2.45) is 11.8 Å². The molecule has 0 saturated carbocycles. The minimum absolute atomic E-state index is 0.00352. The monoisotopic (exact) mass is 188 g/mol. The third kappa shape index (κ3) is 2.96. The highest BCUT2D eigenvalue weighted by Crippen LogP contribution is 2.29. The first-order valence-corrected chi connectivity index (χ1v) is 5.37. The van der Waals surface area contributed by atoms with Gasteiger partial charge >= 0.3 is 0 Å². The number of aliphatic hydroxyl groups is 1. The molecule has 0 aliphatic carbocycles. The number of ether oxygens (including phenoxy) is 1. The van der Waals surface area contributed by atoms with Crippen molar-refractivity contribution >= 4 is 0 Å². The van der Waals surface area contributed by atoms with Gasteiger partial charge in [-0.25, -0.2) is 0 Å². The van der Waals surface area contributed by atoms with Crippen molar-refractivity contribution in [1.82, 2.24) is 0 Å². The smallest absolute Gasteiger partial charge is 0.0828 e. The van der Waals surface area contributed by atoms with Crippen LogP contribution in [0.5, 0.6) is 0 Å². The Morgan fingerprint density at radius 1 is 0.846 bits per heavy atom. The van der Waals surface area contributed by atoms with Crippen LogP contribution in [0.1, 0.15) is 41.5 Å². The molecule has 1 rings (SSSR count). The van der Waals surface area contributed by atoms with E-state index in [4.69, 9.17) is 4.74 Å². The van der Waals surface area contributed by atoms with Gasteiger partial charge in [-0.3, -0.25) is 0 Å². The molecule has 5 unspecified atom stereocenters. The largest absolute Gasteiger partial charge is 0.390 e. The van der Waals surface area contributed by atoms with E-state index in [9.17, 15) is 5.11 Å². The second-order valence-electron chi connectivity index (χ2n) is 3.76. The molecule has 1 fully saturated rings. The first-order valence-electron chi connectivity index (χ1n) is 5.37. The molecule has 0 aromatic carbocycles. The van der Waals surface area contributed by atoms with Crippen molar-refractivity contribution in [2.75, 3.05) is 0 Å². The zero-order valence-electron chi connectivity index (χ0n) is 9.74. The highest BCUT2D eigenvalue weighted by molar-refractivity contribution is 4.83. The SMILES string of the molecule is CC.CC1OC(C)C(O)C(C)C1C. The summed E-state index contributed by atoms with van der Waals surface area (Å²) < 4.78 is 5.53. The predicted octanol–water partition coefficient (Wildman–Crippen LogP) is 2.45. The molecule has 0 aromatic rings. The lowest BCUT2D eigenvalue weighted by Gasteiger charge is -2.40. The lowest BCUT2D eigenvalue weighted by Crippen LogP contribution is -2.46. The fourth-order valence-electron chi connectivity index (χ4n) is 1.71. The predicted molar refractivity (Wildman–Crippen MR) is 55.7 cm³/mol. The average molecular weight is 188 g/mol. The summed E-state index contributed by atoms with van der Waals surface area (Å²) in [7, 11) is 0. The summed E-state index contributed by atoms with van der Waals surface area (Å²) in [5.41, 5.74) is 0. The minimum atomic E-state index is -0.291. The zero-order valence-corrected chi connectivity index (χ0v) is 9.74. The van der Waals surface area contributed by atoms with E-state index in [2.05, 4.69) is 20.8 Å². The zero-order chi connectivity index (χ0) is 10.6. The number of rotatable bonds is 0. The first-order chi connectivity index (χ1) is 6.04. The molecule has 1 saturated heterocycles. The molecule has 0 aromatic heterocycles. The minimum Gasteiger partial charge on any atom is -0.390 e. The van der Waals surface area contributed by atoms with E-state index < -0.39 is 0 Å². The van der Waals surface area contributed by atoms with E-state index in [0.29, 0.717) is 11.8 Å². The van der Waals surface area contributed by atoms with E-state index in [1.54, 1.807) is 0 Å². The molecular weight excluding hydrogens is 164 g/mol. The lowest BCUT2D eigenvalue weighted by molar-refractivity contribution is -0.154. The number of hydrogen-bond donors (Lipinski definition) is 1. The summed E-state index contributed by atoms with van der Waals surface area (Å²) in [6, 6.07) is 0. The van der Waals surface area contributed by atoms with Crippen LogP contribution in [0.3, 0.4) is 0 Å². The normalized spacial score (nSPS) is 45.0. The first kappa shape index (κ1) is 12.9. The van der Waals surface area contributed by atoms with Gasteiger partial charge in [0.15, 0.2) is 0 Å². The van der Waals surface area contributed by atoms with Gasteiger partial charge in [0.2, 0.25) is 0 Å². The molecule has 5 atom stereocenters. The van der Waals surface area contributed by atoms with Crippen molar-refractivity contribution in [1.29, 1.82) is 0 Å². The molecule has 1 aliphatic rings. The van der Waals surface area contributed by atoms with Gasteiger partial charge in [-0.05, 0) is 25.7 Å². The van der Waals surface area contributed by atoms with Gasteiger partial charge in [-0.2, -0.15) is 0 Å². The van der Waals surface area contributed by atoms with E-state index in [-0.39, 0.29) is 18.3 Å². The third-order valence-corrected chi connectivity index (χ3v) is 3.02. The fraction of sp³-hybridized carbons (Fsp3) is 1.00. The molecule has 1 N–H and O–H groups in total. The van der Waals surface area contributed by atoms with Crippen LogP contribution in [0.2, 0.25) is 0 Å². The molecular formula is C11H24O2. The summed E-state index contributed by atoms with van der Waals surface area (Å²) in [6.07, 6.45) is -0.0131. The topological polar surface area (TPSA) is 29.5 Å². The van der Waals surface area contributed by atoms with Gasteiger partial charge in [0.1, 0.15) is 0 Å². The molecule has 80 valence electrons. The lowest BCUT2D eigenvalue weighted by atomic mass is 9.82. The Morgan fingerprint density at radius 3 is 1.77 bits per heavy atom. The van der Waals surface area contributed by atoms with Gasteiger partial charge in [0.25, 0.3) is 0 Å². The van der Waals surface area contributed by atoms with Crippen LogP contribution < -0.4 is 0 Å². The van der Waals surface area contributed by atoms with Crippen LogP contribution in [0.25, 0.3) is 0 Å². The summed E-state index contributed by atoms with van der Waals surface area (Å²) >= 11 is 0. The maximum atomic E-state index is 9.61. The van der Waals surface area contributed by atoms with E-state index >= 15 is 0 Å². The number of aliphatic hydroxyl groups excluding tert-OH is 1. The summed E-state index contributed by atoms with van der Waals surface area (Å²) in [5.74, 6) is 0.815. The molecule has 13 heavy (non-hydrogen) atoms. The molecule has 1 aliphatic heterocycles. The number of hydrogen-bond acceptors (Lipinski definition) is 2. The van der Waals surface area contributed by atoms with Crippen molar-refractivity contribution in [3.63, 3.8) is 0 Å². The van der Waals surface area contributed by atoms with Crippen LogP contribution in [0, 0.1) is 11.8 Å². The molecule has 0 amide bonds. The fourth-order valence-corrected chi connectivity index (χ4v) is 1.71. The molecule has 0 spiro atoms. The van der Waals surface area contributed by atoms with Gasteiger partial charge in [0.05, 0.1) is 18.3 Å². The second kappa shape index (κ2) is 5.61. The van der Waals surface area contributed by atoms with Crippen molar-refractivity contribution in [3.05, 3.63) is 0 Å². The average Bonchev–Trinajstić information content (AvgIpc) is 2.15. The van der Waals surface area contributed by atoms with Gasteiger partial charge in [-0.15, -0.1) is 0 Å².